The largest absolute Gasteiger partial charge is 0.360 e. The van der Waals surface area contributed by atoms with Crippen molar-refractivity contribution in [1.82, 2.24) is 10.1 Å². The summed E-state index contributed by atoms with van der Waals surface area (Å²) in [7, 11) is 0. The van der Waals surface area contributed by atoms with Crippen LogP contribution in [0.5, 0.6) is 0 Å². The Morgan fingerprint density at radius 3 is 2.71 bits per heavy atom. The zero-order chi connectivity index (χ0) is 20.3. The quantitative estimate of drug-likeness (QED) is 0.431. The zero-order valence-electron chi connectivity index (χ0n) is 16.5. The van der Waals surface area contributed by atoms with Crippen LogP contribution in [0.15, 0.2) is 27.8 Å². The third kappa shape index (κ3) is 4.64. The summed E-state index contributed by atoms with van der Waals surface area (Å²) in [5.74, 6) is 0.990. The molecule has 7 heteroatoms. The average molecular weight is 426 g/mol. The lowest BCUT2D eigenvalue weighted by molar-refractivity contribution is -0.121. The van der Waals surface area contributed by atoms with Gasteiger partial charge >= 0.3 is 0 Å². The summed E-state index contributed by atoms with van der Waals surface area (Å²) >= 11 is 13.0. The van der Waals surface area contributed by atoms with Crippen molar-refractivity contribution in [1.29, 1.82) is 0 Å². The van der Waals surface area contributed by atoms with Crippen LogP contribution in [0.1, 0.15) is 74.8 Å². The van der Waals surface area contributed by atoms with Crippen molar-refractivity contribution in [2.45, 2.75) is 81.8 Å². The number of carbonyl (C=O) groups excluding carboxylic acids is 1. The molecule has 2 aliphatic rings. The van der Waals surface area contributed by atoms with Gasteiger partial charge in [-0.3, -0.25) is 4.79 Å². The van der Waals surface area contributed by atoms with E-state index in [1.54, 1.807) is 0 Å². The Hall–Kier alpha value is -1.30. The molecule has 28 heavy (non-hydrogen) atoms. The van der Waals surface area contributed by atoms with E-state index in [-0.39, 0.29) is 23.4 Å². The van der Waals surface area contributed by atoms with Gasteiger partial charge in [0.05, 0.1) is 23.5 Å². The van der Waals surface area contributed by atoms with Gasteiger partial charge in [-0.15, -0.1) is 11.6 Å². The van der Waals surface area contributed by atoms with Crippen LogP contribution in [0.3, 0.4) is 0 Å². The first-order chi connectivity index (χ1) is 13.5. The fourth-order valence-corrected chi connectivity index (χ4v) is 4.51. The standard InChI is InChI=1S/C21H29Cl2N3O2/c1-3-14(24)10-15(4-2)26(12-27)11-16-20(25-28-21(16)13-8-9-13)19-17(22)6-5-7-18(19)23/h5-7,12-15,17,19H,3-4,8-11,24H2,1-2H3. The predicted molar refractivity (Wildman–Crippen MR) is 113 cm³/mol. The summed E-state index contributed by atoms with van der Waals surface area (Å²) in [4.78, 5) is 13.8. The minimum absolute atomic E-state index is 0.0744. The third-order valence-electron chi connectivity index (χ3n) is 5.77. The normalized spacial score (nSPS) is 24.0. The molecule has 1 amide bonds. The number of halogens is 2. The van der Waals surface area contributed by atoms with Crippen LogP contribution < -0.4 is 5.73 Å². The molecule has 0 aliphatic heterocycles. The second kappa shape index (κ2) is 9.47. The number of nitrogens with zero attached hydrogens (tertiary/aromatic N) is 2. The maximum absolute atomic E-state index is 12.0. The highest BCUT2D eigenvalue weighted by atomic mass is 35.5. The first kappa shape index (κ1) is 21.4. The van der Waals surface area contributed by atoms with Crippen LogP contribution in [0.2, 0.25) is 0 Å². The lowest BCUT2D eigenvalue weighted by Crippen LogP contribution is -2.38. The number of nitrogens with two attached hydrogens (primary N) is 1. The number of allylic oxidation sites excluding steroid dienone is 4. The zero-order valence-corrected chi connectivity index (χ0v) is 18.0. The predicted octanol–water partition coefficient (Wildman–Crippen LogP) is 4.80. The van der Waals surface area contributed by atoms with Crippen LogP contribution in [0.25, 0.3) is 0 Å². The van der Waals surface area contributed by atoms with Gasteiger partial charge in [0, 0.05) is 28.6 Å². The number of hydrogen-bond acceptors (Lipinski definition) is 4. The molecule has 1 aromatic rings. The number of hydrogen-bond donors (Lipinski definition) is 1. The molecule has 5 nitrogen and oxygen atoms in total. The van der Waals surface area contributed by atoms with Gasteiger partial charge in [0.25, 0.3) is 0 Å². The molecule has 0 radical (unpaired) electrons. The highest BCUT2D eigenvalue weighted by Gasteiger charge is 2.37. The number of aromatic nitrogens is 1. The Bertz CT molecular complexity index is 742. The number of amides is 1. The Morgan fingerprint density at radius 2 is 2.14 bits per heavy atom. The average Bonchev–Trinajstić information content (AvgIpc) is 3.45. The second-order valence-corrected chi connectivity index (χ2v) is 8.73. The topological polar surface area (TPSA) is 72.4 Å². The van der Waals surface area contributed by atoms with Gasteiger partial charge in [0.15, 0.2) is 0 Å². The van der Waals surface area contributed by atoms with Crippen molar-refractivity contribution in [2.75, 3.05) is 0 Å². The van der Waals surface area contributed by atoms with E-state index < -0.39 is 0 Å². The molecule has 4 unspecified atom stereocenters. The van der Waals surface area contributed by atoms with Crippen LogP contribution in [-0.2, 0) is 11.3 Å². The molecular formula is C21H29Cl2N3O2. The van der Waals surface area contributed by atoms with Crippen molar-refractivity contribution >= 4 is 29.6 Å². The van der Waals surface area contributed by atoms with E-state index in [1.807, 2.05) is 23.1 Å². The maximum atomic E-state index is 12.0. The van der Waals surface area contributed by atoms with Crippen LogP contribution in [-0.4, -0.2) is 33.9 Å². The number of rotatable bonds is 10. The highest BCUT2D eigenvalue weighted by Crippen LogP contribution is 2.46. The first-order valence-corrected chi connectivity index (χ1v) is 10.9. The van der Waals surface area contributed by atoms with Crippen LogP contribution >= 0.6 is 23.2 Å². The molecule has 3 rings (SSSR count). The number of carbonyl (C=O) groups is 1. The molecule has 1 fully saturated rings. The fourth-order valence-electron chi connectivity index (χ4n) is 3.79. The van der Waals surface area contributed by atoms with Gasteiger partial charge in [-0.2, -0.15) is 0 Å². The molecule has 0 bridgehead atoms. The summed E-state index contributed by atoms with van der Waals surface area (Å²) in [5, 5.41) is 4.70. The van der Waals surface area contributed by atoms with Gasteiger partial charge in [-0.25, -0.2) is 0 Å². The third-order valence-corrected chi connectivity index (χ3v) is 6.53. The van der Waals surface area contributed by atoms with Crippen molar-refractivity contribution in [3.05, 3.63) is 40.3 Å². The van der Waals surface area contributed by atoms with E-state index in [0.29, 0.717) is 17.5 Å². The molecule has 2 aliphatic carbocycles. The van der Waals surface area contributed by atoms with Crippen molar-refractivity contribution in [2.24, 2.45) is 5.73 Å². The number of alkyl halides is 1. The minimum Gasteiger partial charge on any atom is -0.360 e. The van der Waals surface area contributed by atoms with Gasteiger partial charge in [-0.1, -0.05) is 42.8 Å². The maximum Gasteiger partial charge on any atom is 0.210 e. The molecule has 1 heterocycles. The summed E-state index contributed by atoms with van der Waals surface area (Å²) in [6, 6.07) is 0.150. The molecule has 4 atom stereocenters. The fraction of sp³-hybridized carbons (Fsp3) is 0.619. The van der Waals surface area contributed by atoms with Crippen molar-refractivity contribution in [3.63, 3.8) is 0 Å². The van der Waals surface area contributed by atoms with Gasteiger partial charge in [0.1, 0.15) is 5.76 Å². The van der Waals surface area contributed by atoms with Crippen LogP contribution in [0, 0.1) is 0 Å². The summed E-state index contributed by atoms with van der Waals surface area (Å²) in [6.45, 7) is 4.59. The Kier molecular flexibility index (Phi) is 7.24. The molecule has 0 aromatic carbocycles. The molecule has 0 saturated heterocycles. The Balaban J connectivity index is 1.91. The second-order valence-electron chi connectivity index (χ2n) is 7.79. The van der Waals surface area contributed by atoms with E-state index in [4.69, 9.17) is 33.5 Å². The van der Waals surface area contributed by atoms with E-state index in [1.165, 1.54) is 0 Å². The SMILES string of the molecule is CCC(N)CC(CC)N(C=O)Cc1c(C2C(Cl)=CC=CC2Cl)noc1C1CC1. The molecular weight excluding hydrogens is 397 g/mol. The lowest BCUT2D eigenvalue weighted by atomic mass is 9.91. The van der Waals surface area contributed by atoms with Crippen molar-refractivity contribution < 1.29 is 9.32 Å². The van der Waals surface area contributed by atoms with Gasteiger partial charge in [0.2, 0.25) is 6.41 Å². The Labute approximate surface area is 176 Å². The van der Waals surface area contributed by atoms with Crippen molar-refractivity contribution in [3.8, 4) is 0 Å². The first-order valence-electron chi connectivity index (χ1n) is 10.1. The molecule has 154 valence electrons. The molecule has 1 aromatic heterocycles. The smallest absolute Gasteiger partial charge is 0.210 e. The van der Waals surface area contributed by atoms with E-state index in [9.17, 15) is 4.79 Å². The minimum atomic E-state index is -0.298. The van der Waals surface area contributed by atoms with Gasteiger partial charge in [-0.05, 0) is 38.2 Å². The Morgan fingerprint density at radius 1 is 1.39 bits per heavy atom. The highest BCUT2D eigenvalue weighted by molar-refractivity contribution is 6.32. The molecule has 0 spiro atoms. The lowest BCUT2D eigenvalue weighted by Gasteiger charge is -2.30. The monoisotopic (exact) mass is 425 g/mol. The van der Waals surface area contributed by atoms with Crippen LogP contribution in [0.4, 0.5) is 0 Å². The van der Waals surface area contributed by atoms with E-state index in [0.717, 1.165) is 55.5 Å². The summed E-state index contributed by atoms with van der Waals surface area (Å²) in [5.41, 5.74) is 7.86. The molecule has 1 saturated carbocycles. The summed E-state index contributed by atoms with van der Waals surface area (Å²) in [6.07, 6.45) is 11.2. The van der Waals surface area contributed by atoms with E-state index >= 15 is 0 Å². The summed E-state index contributed by atoms with van der Waals surface area (Å²) < 4.78 is 5.74. The molecule has 2 N–H and O–H groups in total. The van der Waals surface area contributed by atoms with E-state index in [2.05, 4.69) is 19.0 Å². The van der Waals surface area contributed by atoms with Gasteiger partial charge < -0.3 is 15.2 Å².